The van der Waals surface area contributed by atoms with E-state index in [0.29, 0.717) is 38.9 Å². The second-order valence-corrected chi connectivity index (χ2v) is 11.8. The molecule has 4 aromatic rings. The summed E-state index contributed by atoms with van der Waals surface area (Å²) in [5.41, 5.74) is 3.46. The quantitative estimate of drug-likeness (QED) is 0.284. The van der Waals surface area contributed by atoms with Gasteiger partial charge >= 0.3 is 0 Å². The Morgan fingerprint density at radius 1 is 0.907 bits per heavy atom. The number of rotatable bonds is 4. The third-order valence-corrected chi connectivity index (χ3v) is 9.38. The van der Waals surface area contributed by atoms with E-state index in [1.54, 1.807) is 42.5 Å². The van der Waals surface area contributed by atoms with Crippen molar-refractivity contribution in [2.75, 3.05) is 17.0 Å². The predicted octanol–water partition coefficient (Wildman–Crippen LogP) is 6.23. The van der Waals surface area contributed by atoms with E-state index in [-0.39, 0.29) is 24.3 Å². The lowest BCUT2D eigenvalue weighted by atomic mass is 9.64. The Kier molecular flexibility index (Phi) is 5.59. The Labute approximate surface area is 252 Å². The van der Waals surface area contributed by atoms with Crippen LogP contribution in [0.4, 0.5) is 11.4 Å². The van der Waals surface area contributed by atoms with Crippen molar-refractivity contribution in [3.05, 3.63) is 124 Å². The lowest BCUT2D eigenvalue weighted by Gasteiger charge is -2.37. The van der Waals surface area contributed by atoms with Crippen molar-refractivity contribution >= 4 is 46.5 Å². The molecule has 0 bridgehead atoms. The van der Waals surface area contributed by atoms with Gasteiger partial charge in [-0.05, 0) is 78.7 Å². The second kappa shape index (κ2) is 9.31. The number of ether oxygens (including phenoxy) is 2. The summed E-state index contributed by atoms with van der Waals surface area (Å²) in [6.07, 6.45) is 3.97. The molecule has 0 aromatic heterocycles. The molecule has 1 saturated heterocycles. The number of fused-ring (bicyclic) bond motifs is 7. The van der Waals surface area contributed by atoms with Crippen LogP contribution < -0.4 is 19.7 Å². The van der Waals surface area contributed by atoms with Gasteiger partial charge in [-0.25, -0.2) is 0 Å². The summed E-state index contributed by atoms with van der Waals surface area (Å²) in [5.74, 6) is -0.991. The monoisotopic (exact) mass is 588 g/mol. The molecule has 1 spiro atoms. The van der Waals surface area contributed by atoms with Crippen LogP contribution in [-0.4, -0.2) is 36.4 Å². The molecule has 7 nitrogen and oxygen atoms in total. The van der Waals surface area contributed by atoms with E-state index in [0.717, 1.165) is 16.8 Å². The zero-order chi connectivity index (χ0) is 29.5. The van der Waals surface area contributed by atoms with Crippen molar-refractivity contribution < 1.29 is 23.9 Å². The molecule has 1 fully saturated rings. The zero-order valence-electron chi connectivity index (χ0n) is 23.0. The molecule has 4 heterocycles. The molecule has 4 aromatic carbocycles. The van der Waals surface area contributed by atoms with Crippen molar-refractivity contribution in [2.45, 2.75) is 24.4 Å². The second-order valence-electron chi connectivity index (χ2n) is 11.4. The van der Waals surface area contributed by atoms with Crippen molar-refractivity contribution in [1.82, 2.24) is 0 Å². The molecular weight excluding hydrogens is 564 g/mol. The highest BCUT2D eigenvalue weighted by atomic mass is 35.5. The van der Waals surface area contributed by atoms with Gasteiger partial charge in [-0.15, -0.1) is 0 Å². The third-order valence-electron chi connectivity index (χ3n) is 9.13. The maximum absolute atomic E-state index is 15.0. The standard InChI is InChI=1S/C35H25ClN2O5/c1-19-6-13-26-21(16-19)10-15-29-35(24-4-2-3-5-25(24)37-34(35)41)30(32(39)22-9-14-27-28(17-22)43-18-42-27)31(38(26)29)33(40)20-7-11-23(36)12-8-20/h2-17,29-31H,18H2,1H3,(H,37,41). The maximum atomic E-state index is 15.0. The number of para-hydroxylation sites is 1. The number of carbonyl (C=O) groups excluding carboxylic acids is 3. The van der Waals surface area contributed by atoms with Crippen LogP contribution in [0.3, 0.4) is 0 Å². The van der Waals surface area contributed by atoms with Gasteiger partial charge in [-0.3, -0.25) is 14.4 Å². The first-order valence-corrected chi connectivity index (χ1v) is 14.5. The Hall–Kier alpha value is -4.88. The fraction of sp³-hybridized carbons (Fsp3) is 0.171. The Bertz CT molecular complexity index is 1900. The number of amides is 1. The average Bonchev–Trinajstić information content (AvgIpc) is 3.69. The normalized spacial score (nSPS) is 24.0. The predicted molar refractivity (Wildman–Crippen MR) is 163 cm³/mol. The molecule has 4 unspecified atom stereocenters. The van der Waals surface area contributed by atoms with Gasteiger partial charge in [0.2, 0.25) is 12.7 Å². The number of ketones is 2. The van der Waals surface area contributed by atoms with Crippen LogP contribution in [0.1, 0.15) is 37.4 Å². The van der Waals surface area contributed by atoms with E-state index >= 15 is 0 Å². The van der Waals surface area contributed by atoms with Gasteiger partial charge in [0.1, 0.15) is 11.5 Å². The van der Waals surface area contributed by atoms with E-state index < -0.39 is 23.4 Å². The van der Waals surface area contributed by atoms with Crippen LogP contribution in [-0.2, 0) is 10.2 Å². The van der Waals surface area contributed by atoms with Crippen LogP contribution in [0, 0.1) is 12.8 Å². The average molecular weight is 589 g/mol. The van der Waals surface area contributed by atoms with Crippen molar-refractivity contribution in [3.63, 3.8) is 0 Å². The topological polar surface area (TPSA) is 84.9 Å². The fourth-order valence-corrected chi connectivity index (χ4v) is 7.44. The number of benzene rings is 4. The number of aryl methyl sites for hydroxylation is 1. The number of carbonyl (C=O) groups is 3. The Morgan fingerprint density at radius 2 is 1.67 bits per heavy atom. The number of hydrogen-bond acceptors (Lipinski definition) is 6. The summed E-state index contributed by atoms with van der Waals surface area (Å²) in [6, 6.07) is 23.5. The van der Waals surface area contributed by atoms with Crippen LogP contribution >= 0.6 is 11.6 Å². The van der Waals surface area contributed by atoms with Gasteiger partial charge in [0, 0.05) is 27.5 Å². The van der Waals surface area contributed by atoms with Crippen LogP contribution in [0.2, 0.25) is 5.02 Å². The molecular formula is C35H25ClN2O5. The highest BCUT2D eigenvalue weighted by Crippen LogP contribution is 2.58. The van der Waals surface area contributed by atoms with Crippen molar-refractivity contribution in [1.29, 1.82) is 0 Å². The largest absolute Gasteiger partial charge is 0.454 e. The smallest absolute Gasteiger partial charge is 0.238 e. The van der Waals surface area contributed by atoms with E-state index in [4.69, 9.17) is 21.1 Å². The van der Waals surface area contributed by atoms with Gasteiger partial charge < -0.3 is 19.7 Å². The molecule has 8 heteroatoms. The maximum Gasteiger partial charge on any atom is 0.238 e. The molecule has 0 saturated carbocycles. The molecule has 4 aliphatic rings. The van der Waals surface area contributed by atoms with Crippen LogP contribution in [0.15, 0.2) is 91.0 Å². The molecule has 0 aliphatic carbocycles. The number of nitrogens with zero attached hydrogens (tertiary/aromatic N) is 1. The molecule has 4 aliphatic heterocycles. The van der Waals surface area contributed by atoms with Gasteiger partial charge in [0.05, 0.1) is 12.0 Å². The summed E-state index contributed by atoms with van der Waals surface area (Å²) in [6.45, 7) is 2.07. The Balaban J connectivity index is 1.41. The molecule has 4 atom stereocenters. The van der Waals surface area contributed by atoms with Gasteiger partial charge in [0.15, 0.2) is 23.1 Å². The minimum Gasteiger partial charge on any atom is -0.454 e. The molecule has 1 N–H and O–H groups in total. The lowest BCUT2D eigenvalue weighted by molar-refractivity contribution is -0.121. The molecule has 0 radical (unpaired) electrons. The SMILES string of the molecule is Cc1ccc2c(c1)C=CC1N2C(C(=O)c2ccc(Cl)cc2)C(C(=O)c2ccc3c(c2)OCO3)C12C(=O)Nc1ccccc12. The van der Waals surface area contributed by atoms with Crippen molar-refractivity contribution in [2.24, 2.45) is 5.92 Å². The highest BCUT2D eigenvalue weighted by molar-refractivity contribution is 6.30. The first kappa shape index (κ1) is 25.8. The Morgan fingerprint density at radius 3 is 2.51 bits per heavy atom. The van der Waals surface area contributed by atoms with E-state index in [9.17, 15) is 14.4 Å². The first-order valence-electron chi connectivity index (χ1n) is 14.1. The number of halogens is 1. The van der Waals surface area contributed by atoms with Gasteiger partial charge in [-0.2, -0.15) is 0 Å². The highest BCUT2D eigenvalue weighted by Gasteiger charge is 2.70. The molecule has 1 amide bonds. The van der Waals surface area contributed by atoms with Crippen LogP contribution in [0.25, 0.3) is 6.08 Å². The van der Waals surface area contributed by atoms with E-state index in [1.807, 2.05) is 66.4 Å². The van der Waals surface area contributed by atoms with Crippen LogP contribution in [0.5, 0.6) is 11.5 Å². The van der Waals surface area contributed by atoms with Crippen molar-refractivity contribution in [3.8, 4) is 11.5 Å². The minimum atomic E-state index is -1.39. The molecule has 212 valence electrons. The lowest BCUT2D eigenvalue weighted by Crippen LogP contribution is -2.51. The number of nitrogens with one attached hydrogen (secondary N) is 1. The summed E-state index contributed by atoms with van der Waals surface area (Å²) < 4.78 is 11.1. The number of anilines is 2. The summed E-state index contributed by atoms with van der Waals surface area (Å²) in [5, 5.41) is 3.55. The summed E-state index contributed by atoms with van der Waals surface area (Å²) >= 11 is 6.19. The van der Waals surface area contributed by atoms with E-state index in [1.165, 1.54) is 0 Å². The minimum absolute atomic E-state index is 0.0602. The molecule has 43 heavy (non-hydrogen) atoms. The van der Waals surface area contributed by atoms with Gasteiger partial charge in [0.25, 0.3) is 0 Å². The first-order chi connectivity index (χ1) is 20.9. The molecule has 8 rings (SSSR count). The number of Topliss-reactive ketones (excluding diaryl/α,β-unsaturated/α-hetero) is 2. The number of hydrogen-bond donors (Lipinski definition) is 1. The van der Waals surface area contributed by atoms with E-state index in [2.05, 4.69) is 5.32 Å². The third kappa shape index (κ3) is 3.58. The summed E-state index contributed by atoms with van der Waals surface area (Å²) in [4.78, 5) is 46.2. The van der Waals surface area contributed by atoms with Gasteiger partial charge in [-0.1, -0.05) is 53.6 Å². The summed E-state index contributed by atoms with van der Waals surface area (Å²) in [7, 11) is 0. The zero-order valence-corrected chi connectivity index (χ0v) is 23.8. The fourth-order valence-electron chi connectivity index (χ4n) is 7.31.